The number of para-hydroxylation sites is 1. The molecule has 0 saturated heterocycles. The smallest absolute Gasteiger partial charge is 0.314 e. The van der Waals surface area contributed by atoms with Crippen LogP contribution < -0.4 is 21.5 Å². The Bertz CT molecular complexity index is 675. The van der Waals surface area contributed by atoms with E-state index in [2.05, 4.69) is 0 Å². The molecule has 0 fully saturated rings. The molecule has 2 N–H and O–H groups in total. The van der Waals surface area contributed by atoms with Crippen molar-refractivity contribution in [3.8, 4) is 0 Å². The minimum absolute atomic E-state index is 0.883. The van der Waals surface area contributed by atoms with Crippen molar-refractivity contribution in [2.45, 2.75) is 0 Å². The van der Waals surface area contributed by atoms with Crippen LogP contribution in [-0.2, 0) is 4.57 Å². The first-order valence-corrected chi connectivity index (χ1v) is 8.55. The topological polar surface area (TPSA) is 46.3 Å². The molecular formula is C19H20N2OP+. The largest absolute Gasteiger partial charge is 0.415 e. The highest BCUT2D eigenvalue weighted by molar-refractivity contribution is 7.61. The lowest BCUT2D eigenvalue weighted by molar-refractivity contribution is 0.598. The normalized spacial score (nSPS) is 9.48. The van der Waals surface area contributed by atoms with Gasteiger partial charge in [0.25, 0.3) is 0 Å². The van der Waals surface area contributed by atoms with Gasteiger partial charge in [-0.25, -0.2) is 5.84 Å². The van der Waals surface area contributed by atoms with Crippen molar-refractivity contribution >= 4 is 24.1 Å². The second-order valence-electron chi connectivity index (χ2n) is 4.91. The Balaban J connectivity index is 0.000000185. The maximum absolute atomic E-state index is 12.0. The van der Waals surface area contributed by atoms with E-state index in [-0.39, 0.29) is 0 Å². The molecular weight excluding hydrogens is 303 g/mol. The van der Waals surface area contributed by atoms with Gasteiger partial charge in [0.05, 0.1) is 5.69 Å². The third-order valence-electron chi connectivity index (χ3n) is 3.14. The lowest BCUT2D eigenvalue weighted by Gasteiger charge is -2.09. The standard InChI is InChI=1S/C12H10OP.C7H10N2/c13-14(11-7-3-1-4-8-11)12-9-5-2-6-10-12;1-9(8)7-5-3-2-4-6-7/h1-10H;2-6H,8H2,1H3/q+1;. The zero-order valence-electron chi connectivity index (χ0n) is 13.0. The van der Waals surface area contributed by atoms with Crippen molar-refractivity contribution in [1.29, 1.82) is 0 Å². The number of rotatable bonds is 3. The molecule has 0 radical (unpaired) electrons. The monoisotopic (exact) mass is 323 g/mol. The van der Waals surface area contributed by atoms with Crippen molar-refractivity contribution in [2.75, 3.05) is 12.1 Å². The number of benzene rings is 3. The summed E-state index contributed by atoms with van der Waals surface area (Å²) >= 11 is 0. The highest BCUT2D eigenvalue weighted by atomic mass is 31.1. The van der Waals surface area contributed by atoms with Crippen LogP contribution >= 0.6 is 7.80 Å². The molecule has 0 aliphatic rings. The van der Waals surface area contributed by atoms with Gasteiger partial charge in [0.15, 0.2) is 10.6 Å². The first-order chi connectivity index (χ1) is 11.2. The van der Waals surface area contributed by atoms with Crippen LogP contribution in [0.3, 0.4) is 0 Å². The molecule has 0 saturated carbocycles. The lowest BCUT2D eigenvalue weighted by atomic mass is 10.3. The van der Waals surface area contributed by atoms with E-state index in [1.165, 1.54) is 0 Å². The number of anilines is 1. The van der Waals surface area contributed by atoms with Crippen LogP contribution in [0.25, 0.3) is 0 Å². The molecule has 0 aliphatic heterocycles. The molecule has 3 aromatic rings. The van der Waals surface area contributed by atoms with Crippen molar-refractivity contribution in [2.24, 2.45) is 5.84 Å². The summed E-state index contributed by atoms with van der Waals surface area (Å²) in [5.74, 6) is 5.45. The summed E-state index contributed by atoms with van der Waals surface area (Å²) in [7, 11) is 0.394. The van der Waals surface area contributed by atoms with Gasteiger partial charge in [0.1, 0.15) is 0 Å². The predicted octanol–water partition coefficient (Wildman–Crippen LogP) is 3.46. The van der Waals surface area contributed by atoms with Crippen LogP contribution in [0, 0.1) is 0 Å². The summed E-state index contributed by atoms with van der Waals surface area (Å²) in [5.41, 5.74) is 1.03. The number of hydrazine groups is 1. The molecule has 3 aromatic carbocycles. The molecule has 0 bridgehead atoms. The van der Waals surface area contributed by atoms with E-state index in [4.69, 9.17) is 5.84 Å². The molecule has 0 unspecified atom stereocenters. The zero-order valence-corrected chi connectivity index (χ0v) is 13.9. The van der Waals surface area contributed by atoms with Gasteiger partial charge in [-0.1, -0.05) is 59.2 Å². The minimum Gasteiger partial charge on any atom is -0.314 e. The second-order valence-corrected chi connectivity index (χ2v) is 6.53. The Morgan fingerprint density at radius 1 is 0.696 bits per heavy atom. The Hall–Kier alpha value is -2.48. The first-order valence-electron chi connectivity index (χ1n) is 7.29. The Morgan fingerprint density at radius 2 is 1.04 bits per heavy atom. The van der Waals surface area contributed by atoms with Gasteiger partial charge in [-0.05, 0) is 36.4 Å². The van der Waals surface area contributed by atoms with E-state index in [9.17, 15) is 4.57 Å². The molecule has 4 heteroatoms. The third kappa shape index (κ3) is 5.33. The zero-order chi connectivity index (χ0) is 16.5. The Morgan fingerprint density at radius 3 is 1.35 bits per heavy atom. The highest BCUT2D eigenvalue weighted by Gasteiger charge is 2.21. The van der Waals surface area contributed by atoms with Crippen molar-refractivity contribution in [1.82, 2.24) is 0 Å². The van der Waals surface area contributed by atoms with Crippen LogP contribution in [0.2, 0.25) is 0 Å². The van der Waals surface area contributed by atoms with Gasteiger partial charge in [0, 0.05) is 7.05 Å². The SMILES string of the molecule is CN(N)c1ccccc1.O=[P+](c1ccccc1)c1ccccc1. The van der Waals surface area contributed by atoms with Crippen LogP contribution in [0.5, 0.6) is 0 Å². The van der Waals surface area contributed by atoms with Crippen molar-refractivity contribution in [3.05, 3.63) is 91.0 Å². The average Bonchev–Trinajstić information content (AvgIpc) is 2.64. The molecule has 0 heterocycles. The van der Waals surface area contributed by atoms with Gasteiger partial charge in [-0.2, -0.15) is 0 Å². The van der Waals surface area contributed by atoms with Crippen molar-refractivity contribution in [3.63, 3.8) is 0 Å². The maximum atomic E-state index is 12.0. The fourth-order valence-corrected chi connectivity index (χ4v) is 3.12. The fourth-order valence-electron chi connectivity index (χ4n) is 1.94. The highest BCUT2D eigenvalue weighted by Crippen LogP contribution is 2.18. The van der Waals surface area contributed by atoms with Gasteiger partial charge in [0.2, 0.25) is 0 Å². The van der Waals surface area contributed by atoms with Crippen LogP contribution in [0.15, 0.2) is 91.0 Å². The fraction of sp³-hybridized carbons (Fsp3) is 0.0526. The molecule has 3 rings (SSSR count). The number of nitrogens with two attached hydrogens (primary N) is 1. The quantitative estimate of drug-likeness (QED) is 0.456. The summed E-state index contributed by atoms with van der Waals surface area (Å²) in [6.45, 7) is 0. The Labute approximate surface area is 138 Å². The molecule has 0 spiro atoms. The van der Waals surface area contributed by atoms with E-state index < -0.39 is 7.80 Å². The summed E-state index contributed by atoms with van der Waals surface area (Å²) in [6.07, 6.45) is 0. The second kappa shape index (κ2) is 8.84. The number of nitrogens with zero attached hydrogens (tertiary/aromatic N) is 1. The molecule has 0 amide bonds. The summed E-state index contributed by atoms with van der Waals surface area (Å²) in [4.78, 5) is 0. The van der Waals surface area contributed by atoms with Crippen LogP contribution in [0.4, 0.5) is 5.69 Å². The van der Waals surface area contributed by atoms with E-state index in [0.717, 1.165) is 16.3 Å². The van der Waals surface area contributed by atoms with Gasteiger partial charge in [-0.3, -0.25) is 0 Å². The van der Waals surface area contributed by atoms with E-state index in [1.54, 1.807) is 5.01 Å². The minimum atomic E-state index is -1.42. The molecule has 116 valence electrons. The first kappa shape index (κ1) is 16.9. The summed E-state index contributed by atoms with van der Waals surface area (Å²) < 4.78 is 12.0. The average molecular weight is 323 g/mol. The van der Waals surface area contributed by atoms with Crippen molar-refractivity contribution < 1.29 is 4.57 Å². The summed E-state index contributed by atoms with van der Waals surface area (Å²) in [5, 5.41) is 3.35. The predicted molar refractivity (Wildman–Crippen MR) is 98.8 cm³/mol. The number of hydrogen-bond donors (Lipinski definition) is 1. The molecule has 3 nitrogen and oxygen atoms in total. The van der Waals surface area contributed by atoms with E-state index in [1.807, 2.05) is 98.0 Å². The Kier molecular flexibility index (Phi) is 6.49. The van der Waals surface area contributed by atoms with Gasteiger partial charge < -0.3 is 5.01 Å². The van der Waals surface area contributed by atoms with E-state index >= 15 is 0 Å². The molecule has 0 atom stereocenters. The van der Waals surface area contributed by atoms with Crippen LogP contribution in [-0.4, -0.2) is 7.05 Å². The maximum Gasteiger partial charge on any atom is 0.415 e. The molecule has 0 aliphatic carbocycles. The summed E-state index contributed by atoms with van der Waals surface area (Å²) in [6, 6.07) is 28.9. The van der Waals surface area contributed by atoms with Gasteiger partial charge >= 0.3 is 7.80 Å². The van der Waals surface area contributed by atoms with Crippen LogP contribution in [0.1, 0.15) is 0 Å². The third-order valence-corrected chi connectivity index (χ3v) is 4.68. The molecule has 23 heavy (non-hydrogen) atoms. The lowest BCUT2D eigenvalue weighted by Crippen LogP contribution is -2.24. The van der Waals surface area contributed by atoms with Gasteiger partial charge in [-0.15, -0.1) is 0 Å². The molecule has 0 aromatic heterocycles. The number of hydrogen-bond acceptors (Lipinski definition) is 3. The van der Waals surface area contributed by atoms with E-state index in [0.29, 0.717) is 0 Å².